The van der Waals surface area contributed by atoms with E-state index >= 15 is 0 Å². The molecule has 2 amide bonds. The Morgan fingerprint density at radius 2 is 1.65 bits per heavy atom. The number of ether oxygens (including phenoxy) is 1. The molecule has 196 valence electrons. The summed E-state index contributed by atoms with van der Waals surface area (Å²) in [5.74, 6) is 1.69. The van der Waals surface area contributed by atoms with Crippen LogP contribution < -0.4 is 10.1 Å². The lowest BCUT2D eigenvalue weighted by Gasteiger charge is -2.32. The van der Waals surface area contributed by atoms with Crippen LogP contribution in [0.5, 0.6) is 5.75 Å². The molecular formula is C30H35ClN2O3S. The highest BCUT2D eigenvalue weighted by atomic mass is 35.5. The fourth-order valence-electron chi connectivity index (χ4n) is 3.91. The van der Waals surface area contributed by atoms with Crippen molar-refractivity contribution in [3.8, 4) is 5.75 Å². The van der Waals surface area contributed by atoms with E-state index in [-0.39, 0.29) is 17.6 Å². The maximum atomic E-state index is 13.7. The number of carbonyl (C=O) groups is 2. The summed E-state index contributed by atoms with van der Waals surface area (Å²) in [6, 6.07) is 24.5. The summed E-state index contributed by atoms with van der Waals surface area (Å²) in [6.45, 7) is 4.96. The van der Waals surface area contributed by atoms with Crippen LogP contribution in [0.2, 0.25) is 5.02 Å². The largest absolute Gasteiger partial charge is 0.497 e. The van der Waals surface area contributed by atoms with Crippen LogP contribution in [0, 0.1) is 5.92 Å². The van der Waals surface area contributed by atoms with Crippen molar-refractivity contribution in [2.75, 3.05) is 19.4 Å². The van der Waals surface area contributed by atoms with Crippen molar-refractivity contribution in [2.45, 2.75) is 38.6 Å². The minimum absolute atomic E-state index is 0.0875. The van der Waals surface area contributed by atoms with E-state index in [4.69, 9.17) is 16.3 Å². The molecule has 3 aromatic carbocycles. The Bertz CT molecular complexity index is 1160. The van der Waals surface area contributed by atoms with Gasteiger partial charge in [0.15, 0.2) is 0 Å². The first kappa shape index (κ1) is 28.6. The van der Waals surface area contributed by atoms with Gasteiger partial charge in [-0.05, 0) is 46.9 Å². The van der Waals surface area contributed by atoms with Crippen LogP contribution in [0.25, 0.3) is 0 Å². The molecule has 3 aromatic rings. The van der Waals surface area contributed by atoms with Crippen molar-refractivity contribution in [3.05, 3.63) is 101 Å². The Morgan fingerprint density at radius 1 is 0.946 bits per heavy atom. The fourth-order valence-corrected chi connectivity index (χ4v) is 4.98. The van der Waals surface area contributed by atoms with E-state index in [0.717, 1.165) is 16.7 Å². The Labute approximate surface area is 229 Å². The average Bonchev–Trinajstić information content (AvgIpc) is 2.90. The number of amides is 2. The quantitative estimate of drug-likeness (QED) is 0.290. The minimum atomic E-state index is -0.647. The minimum Gasteiger partial charge on any atom is -0.497 e. The standard InChI is InChI=1S/C30H35ClN2O3S/c1-22(2)18-32-30(35)28(17-23-9-5-4-6-10-23)33(19-24-11-8-14-27(16-24)36-3)29(34)21-37-20-25-12-7-13-26(31)15-25/h4-16,22,28H,17-21H2,1-3H3,(H,32,35)/t28-/m1/s1. The molecular weight excluding hydrogens is 504 g/mol. The van der Waals surface area contributed by atoms with E-state index in [2.05, 4.69) is 19.2 Å². The summed E-state index contributed by atoms with van der Waals surface area (Å²) < 4.78 is 5.39. The molecule has 1 atom stereocenters. The Balaban J connectivity index is 1.86. The zero-order valence-electron chi connectivity index (χ0n) is 21.7. The summed E-state index contributed by atoms with van der Waals surface area (Å²) in [6.07, 6.45) is 0.430. The monoisotopic (exact) mass is 538 g/mol. The molecule has 0 aromatic heterocycles. The smallest absolute Gasteiger partial charge is 0.243 e. The molecule has 1 N–H and O–H groups in total. The van der Waals surface area contributed by atoms with Crippen LogP contribution in [0.1, 0.15) is 30.5 Å². The number of carbonyl (C=O) groups excluding carboxylic acids is 2. The molecule has 0 radical (unpaired) electrons. The SMILES string of the molecule is COc1cccc(CN(C(=O)CSCc2cccc(Cl)c2)[C@H](Cc2ccccc2)C(=O)NCC(C)C)c1. The molecule has 0 saturated heterocycles. The van der Waals surface area contributed by atoms with Gasteiger partial charge in [0.05, 0.1) is 12.9 Å². The van der Waals surface area contributed by atoms with Gasteiger partial charge < -0.3 is 15.0 Å². The number of thioether (sulfide) groups is 1. The van der Waals surface area contributed by atoms with Gasteiger partial charge in [-0.15, -0.1) is 11.8 Å². The molecule has 37 heavy (non-hydrogen) atoms. The van der Waals surface area contributed by atoms with Gasteiger partial charge in [0.25, 0.3) is 0 Å². The van der Waals surface area contributed by atoms with E-state index in [0.29, 0.717) is 42.0 Å². The third-order valence-corrected chi connectivity index (χ3v) is 7.05. The van der Waals surface area contributed by atoms with Crippen molar-refractivity contribution in [2.24, 2.45) is 5.92 Å². The maximum Gasteiger partial charge on any atom is 0.243 e. The molecule has 7 heteroatoms. The highest BCUT2D eigenvalue weighted by Gasteiger charge is 2.30. The predicted molar refractivity (Wildman–Crippen MR) is 153 cm³/mol. The van der Waals surface area contributed by atoms with Gasteiger partial charge >= 0.3 is 0 Å². The van der Waals surface area contributed by atoms with Crippen molar-refractivity contribution in [1.29, 1.82) is 0 Å². The van der Waals surface area contributed by atoms with Crippen molar-refractivity contribution in [1.82, 2.24) is 10.2 Å². The molecule has 0 fully saturated rings. The summed E-state index contributed by atoms with van der Waals surface area (Å²) in [4.78, 5) is 28.9. The van der Waals surface area contributed by atoms with Gasteiger partial charge in [0, 0.05) is 30.3 Å². The first-order valence-electron chi connectivity index (χ1n) is 12.4. The lowest BCUT2D eigenvalue weighted by Crippen LogP contribution is -2.51. The second-order valence-corrected chi connectivity index (χ2v) is 10.8. The van der Waals surface area contributed by atoms with E-state index < -0.39 is 6.04 Å². The van der Waals surface area contributed by atoms with E-state index in [1.807, 2.05) is 78.9 Å². The Kier molecular flexibility index (Phi) is 11.4. The summed E-state index contributed by atoms with van der Waals surface area (Å²) in [5, 5.41) is 3.73. The van der Waals surface area contributed by atoms with Gasteiger partial charge in [0.1, 0.15) is 11.8 Å². The molecule has 3 rings (SSSR count). The number of halogens is 1. The van der Waals surface area contributed by atoms with Gasteiger partial charge in [-0.3, -0.25) is 9.59 Å². The summed E-state index contributed by atoms with van der Waals surface area (Å²) in [7, 11) is 1.62. The Hall–Kier alpha value is -2.96. The van der Waals surface area contributed by atoms with Crippen molar-refractivity contribution < 1.29 is 14.3 Å². The molecule has 0 spiro atoms. The van der Waals surface area contributed by atoms with Crippen LogP contribution in [-0.4, -0.2) is 42.2 Å². The third-order valence-electron chi connectivity index (χ3n) is 5.83. The molecule has 0 saturated carbocycles. The summed E-state index contributed by atoms with van der Waals surface area (Å²) in [5.41, 5.74) is 2.96. The lowest BCUT2D eigenvalue weighted by molar-refractivity contribution is -0.139. The number of nitrogens with zero attached hydrogens (tertiary/aromatic N) is 1. The molecule has 0 aliphatic carbocycles. The van der Waals surface area contributed by atoms with Crippen molar-refractivity contribution in [3.63, 3.8) is 0 Å². The number of rotatable bonds is 13. The zero-order valence-corrected chi connectivity index (χ0v) is 23.2. The number of benzene rings is 3. The second kappa shape index (κ2) is 14.7. The number of hydrogen-bond acceptors (Lipinski definition) is 4. The highest BCUT2D eigenvalue weighted by Crippen LogP contribution is 2.21. The fraction of sp³-hybridized carbons (Fsp3) is 0.333. The van der Waals surface area contributed by atoms with Crippen LogP contribution in [0.3, 0.4) is 0 Å². The van der Waals surface area contributed by atoms with Crippen LogP contribution >= 0.6 is 23.4 Å². The zero-order chi connectivity index (χ0) is 26.6. The van der Waals surface area contributed by atoms with Crippen LogP contribution in [0.15, 0.2) is 78.9 Å². The van der Waals surface area contributed by atoms with Crippen LogP contribution in [0.4, 0.5) is 0 Å². The first-order chi connectivity index (χ1) is 17.9. The Morgan fingerprint density at radius 3 is 2.35 bits per heavy atom. The van der Waals surface area contributed by atoms with E-state index in [1.165, 1.54) is 11.8 Å². The second-order valence-electron chi connectivity index (χ2n) is 9.34. The predicted octanol–water partition coefficient (Wildman–Crippen LogP) is 5.99. The normalized spacial score (nSPS) is 11.7. The topological polar surface area (TPSA) is 58.6 Å². The third kappa shape index (κ3) is 9.45. The van der Waals surface area contributed by atoms with Gasteiger partial charge in [-0.25, -0.2) is 0 Å². The van der Waals surface area contributed by atoms with E-state index in [9.17, 15) is 9.59 Å². The molecule has 0 aliphatic heterocycles. The average molecular weight is 539 g/mol. The first-order valence-corrected chi connectivity index (χ1v) is 13.9. The maximum absolute atomic E-state index is 13.7. The van der Waals surface area contributed by atoms with Gasteiger partial charge in [-0.1, -0.05) is 80.0 Å². The van der Waals surface area contributed by atoms with E-state index in [1.54, 1.807) is 12.0 Å². The highest BCUT2D eigenvalue weighted by molar-refractivity contribution is 7.99. The number of nitrogens with one attached hydrogen (secondary N) is 1. The lowest BCUT2D eigenvalue weighted by atomic mass is 10.0. The number of hydrogen-bond donors (Lipinski definition) is 1. The summed E-state index contributed by atoms with van der Waals surface area (Å²) >= 11 is 7.64. The molecule has 0 unspecified atom stereocenters. The van der Waals surface area contributed by atoms with Gasteiger partial charge in [-0.2, -0.15) is 0 Å². The van der Waals surface area contributed by atoms with Crippen molar-refractivity contribution >= 4 is 35.2 Å². The van der Waals surface area contributed by atoms with Crippen LogP contribution in [-0.2, 0) is 28.3 Å². The molecule has 0 bridgehead atoms. The van der Waals surface area contributed by atoms with Gasteiger partial charge in [0.2, 0.25) is 11.8 Å². The molecule has 0 heterocycles. The molecule has 0 aliphatic rings. The number of methoxy groups -OCH3 is 1. The molecule has 5 nitrogen and oxygen atoms in total.